The molecule has 2 nitrogen and oxygen atoms in total. The second-order valence-corrected chi connectivity index (χ2v) is 6.61. The molecule has 1 aliphatic rings. The number of ether oxygens (including phenoxy) is 1. The third kappa shape index (κ3) is 3.92. The van der Waals surface area contributed by atoms with Crippen LogP contribution in [-0.2, 0) is 0 Å². The summed E-state index contributed by atoms with van der Waals surface area (Å²) in [6.07, 6.45) is 6.73. The molecule has 1 unspecified atom stereocenters. The van der Waals surface area contributed by atoms with Crippen molar-refractivity contribution in [3.05, 3.63) is 28.8 Å². The zero-order valence-corrected chi connectivity index (χ0v) is 14.3. The van der Waals surface area contributed by atoms with Crippen molar-refractivity contribution in [3.63, 3.8) is 0 Å². The molecule has 0 saturated carbocycles. The molecule has 21 heavy (non-hydrogen) atoms. The predicted octanol–water partition coefficient (Wildman–Crippen LogP) is 5.50. The fourth-order valence-electron chi connectivity index (χ4n) is 3.48. The molecule has 2 rings (SSSR count). The SMILES string of the molecule is CCCNC1CC(CCC)(CCC)Oc2ccc(Cl)cc21. The molecule has 1 atom stereocenters. The molecule has 1 heterocycles. The largest absolute Gasteiger partial charge is 0.487 e. The molecular weight excluding hydrogens is 282 g/mol. The summed E-state index contributed by atoms with van der Waals surface area (Å²) in [6, 6.07) is 6.39. The van der Waals surface area contributed by atoms with Crippen molar-refractivity contribution < 1.29 is 4.74 Å². The molecule has 0 radical (unpaired) electrons. The number of halogens is 1. The van der Waals surface area contributed by atoms with Gasteiger partial charge in [0, 0.05) is 23.0 Å². The summed E-state index contributed by atoms with van der Waals surface area (Å²) in [5.74, 6) is 1.01. The molecule has 0 amide bonds. The van der Waals surface area contributed by atoms with Crippen molar-refractivity contribution in [2.75, 3.05) is 6.54 Å². The van der Waals surface area contributed by atoms with Crippen LogP contribution >= 0.6 is 11.6 Å². The molecule has 1 aromatic carbocycles. The Hall–Kier alpha value is -0.730. The van der Waals surface area contributed by atoms with E-state index in [2.05, 4.69) is 32.2 Å². The molecule has 3 heteroatoms. The Morgan fingerprint density at radius 2 is 1.90 bits per heavy atom. The maximum Gasteiger partial charge on any atom is 0.125 e. The molecule has 0 bridgehead atoms. The lowest BCUT2D eigenvalue weighted by atomic mass is 9.81. The highest BCUT2D eigenvalue weighted by atomic mass is 35.5. The lowest BCUT2D eigenvalue weighted by Crippen LogP contribution is -2.44. The standard InChI is InChI=1S/C18H28ClNO/c1-4-9-18(10-5-2)13-16(20-11-6-3)15-12-14(19)7-8-17(15)21-18/h7-8,12,16,20H,4-6,9-11,13H2,1-3H3. The van der Waals surface area contributed by atoms with E-state index in [1.165, 1.54) is 5.56 Å². The van der Waals surface area contributed by atoms with Crippen LogP contribution < -0.4 is 10.1 Å². The van der Waals surface area contributed by atoms with E-state index < -0.39 is 0 Å². The van der Waals surface area contributed by atoms with Crippen LogP contribution in [0, 0.1) is 0 Å². The van der Waals surface area contributed by atoms with Crippen LogP contribution in [0.1, 0.15) is 70.9 Å². The number of nitrogens with one attached hydrogen (secondary N) is 1. The summed E-state index contributed by atoms with van der Waals surface area (Å²) in [5.41, 5.74) is 1.20. The van der Waals surface area contributed by atoms with Crippen molar-refractivity contribution in [2.45, 2.75) is 70.9 Å². The van der Waals surface area contributed by atoms with Gasteiger partial charge in [0.15, 0.2) is 0 Å². The molecule has 0 aliphatic carbocycles. The van der Waals surface area contributed by atoms with Gasteiger partial charge in [-0.05, 0) is 44.0 Å². The first-order valence-electron chi connectivity index (χ1n) is 8.36. The number of rotatable bonds is 7. The zero-order chi connectivity index (χ0) is 15.3. The molecule has 1 aliphatic heterocycles. The van der Waals surface area contributed by atoms with E-state index in [1.807, 2.05) is 12.1 Å². The average molecular weight is 310 g/mol. The molecule has 1 N–H and O–H groups in total. The number of hydrogen-bond donors (Lipinski definition) is 1. The Morgan fingerprint density at radius 1 is 1.19 bits per heavy atom. The summed E-state index contributed by atoms with van der Waals surface area (Å²) < 4.78 is 6.47. The average Bonchev–Trinajstić information content (AvgIpc) is 2.46. The van der Waals surface area contributed by atoms with E-state index in [9.17, 15) is 0 Å². The van der Waals surface area contributed by atoms with Crippen molar-refractivity contribution in [1.29, 1.82) is 0 Å². The van der Waals surface area contributed by atoms with Gasteiger partial charge in [0.2, 0.25) is 0 Å². The van der Waals surface area contributed by atoms with Crippen LogP contribution in [0.5, 0.6) is 5.75 Å². The second kappa shape index (κ2) is 7.51. The second-order valence-electron chi connectivity index (χ2n) is 6.18. The van der Waals surface area contributed by atoms with Crippen molar-refractivity contribution >= 4 is 11.6 Å². The monoisotopic (exact) mass is 309 g/mol. The van der Waals surface area contributed by atoms with Gasteiger partial charge in [0.05, 0.1) is 0 Å². The fourth-order valence-corrected chi connectivity index (χ4v) is 3.67. The quantitative estimate of drug-likeness (QED) is 0.718. The maximum atomic E-state index is 6.47. The van der Waals surface area contributed by atoms with Gasteiger partial charge in [-0.3, -0.25) is 0 Å². The third-order valence-corrected chi connectivity index (χ3v) is 4.54. The van der Waals surface area contributed by atoms with E-state index in [-0.39, 0.29) is 5.60 Å². The van der Waals surface area contributed by atoms with Crippen molar-refractivity contribution in [2.24, 2.45) is 0 Å². The molecule has 0 spiro atoms. The lowest BCUT2D eigenvalue weighted by Gasteiger charge is -2.43. The number of benzene rings is 1. The summed E-state index contributed by atoms with van der Waals surface area (Å²) >= 11 is 6.19. The minimum absolute atomic E-state index is 0.0181. The van der Waals surface area contributed by atoms with E-state index in [0.29, 0.717) is 6.04 Å². The first-order valence-corrected chi connectivity index (χ1v) is 8.73. The Kier molecular flexibility index (Phi) is 5.95. The fraction of sp³-hybridized carbons (Fsp3) is 0.667. The first-order chi connectivity index (χ1) is 10.1. The number of fused-ring (bicyclic) bond motifs is 1. The minimum Gasteiger partial charge on any atom is -0.487 e. The normalized spacial score (nSPS) is 19.9. The highest BCUT2D eigenvalue weighted by Crippen LogP contribution is 2.44. The molecular formula is C18H28ClNO. The zero-order valence-electron chi connectivity index (χ0n) is 13.5. The first kappa shape index (κ1) is 16.6. The van der Waals surface area contributed by atoms with Crippen LogP contribution in [0.15, 0.2) is 18.2 Å². The maximum absolute atomic E-state index is 6.47. The summed E-state index contributed by atoms with van der Waals surface area (Å²) in [4.78, 5) is 0. The highest BCUT2D eigenvalue weighted by molar-refractivity contribution is 6.30. The van der Waals surface area contributed by atoms with Gasteiger partial charge in [-0.15, -0.1) is 0 Å². The van der Waals surface area contributed by atoms with Crippen LogP contribution in [0.2, 0.25) is 5.02 Å². The summed E-state index contributed by atoms with van der Waals surface area (Å²) in [7, 11) is 0. The molecule has 118 valence electrons. The summed E-state index contributed by atoms with van der Waals surface area (Å²) in [6.45, 7) is 7.72. The van der Waals surface area contributed by atoms with E-state index in [0.717, 1.165) is 55.8 Å². The van der Waals surface area contributed by atoms with Crippen LogP contribution in [0.3, 0.4) is 0 Å². The van der Waals surface area contributed by atoms with Gasteiger partial charge < -0.3 is 10.1 Å². The van der Waals surface area contributed by atoms with Gasteiger partial charge in [0.25, 0.3) is 0 Å². The van der Waals surface area contributed by atoms with Crippen LogP contribution in [0.25, 0.3) is 0 Å². The third-order valence-electron chi connectivity index (χ3n) is 4.30. The highest BCUT2D eigenvalue weighted by Gasteiger charge is 2.39. The molecule has 0 aromatic heterocycles. The van der Waals surface area contributed by atoms with Gasteiger partial charge in [0.1, 0.15) is 11.4 Å². The lowest BCUT2D eigenvalue weighted by molar-refractivity contribution is 0.0129. The topological polar surface area (TPSA) is 21.3 Å². The van der Waals surface area contributed by atoms with E-state index in [4.69, 9.17) is 16.3 Å². The predicted molar refractivity (Wildman–Crippen MR) is 90.3 cm³/mol. The van der Waals surface area contributed by atoms with Crippen LogP contribution in [-0.4, -0.2) is 12.1 Å². The minimum atomic E-state index is -0.0181. The molecule has 0 fully saturated rings. The Morgan fingerprint density at radius 3 is 2.52 bits per heavy atom. The van der Waals surface area contributed by atoms with Crippen LogP contribution in [0.4, 0.5) is 0 Å². The van der Waals surface area contributed by atoms with Gasteiger partial charge in [-0.25, -0.2) is 0 Å². The van der Waals surface area contributed by atoms with Gasteiger partial charge in [-0.1, -0.05) is 45.2 Å². The number of hydrogen-bond acceptors (Lipinski definition) is 2. The Balaban J connectivity index is 2.32. The summed E-state index contributed by atoms with van der Waals surface area (Å²) in [5, 5.41) is 4.48. The smallest absolute Gasteiger partial charge is 0.125 e. The van der Waals surface area contributed by atoms with E-state index in [1.54, 1.807) is 0 Å². The molecule has 1 aromatic rings. The van der Waals surface area contributed by atoms with Crippen molar-refractivity contribution in [1.82, 2.24) is 5.32 Å². The van der Waals surface area contributed by atoms with Crippen molar-refractivity contribution in [3.8, 4) is 5.75 Å². The molecule has 0 saturated heterocycles. The van der Waals surface area contributed by atoms with E-state index >= 15 is 0 Å². The Labute approximate surface area is 134 Å². The van der Waals surface area contributed by atoms with Gasteiger partial charge >= 0.3 is 0 Å². The Bertz CT molecular complexity index is 455. The van der Waals surface area contributed by atoms with Gasteiger partial charge in [-0.2, -0.15) is 0 Å².